The Bertz CT molecular complexity index is 917. The van der Waals surface area contributed by atoms with E-state index in [4.69, 9.17) is 0 Å². The molecule has 0 spiro atoms. The third-order valence-corrected chi connectivity index (χ3v) is 4.86. The van der Waals surface area contributed by atoms with Gasteiger partial charge in [0.05, 0.1) is 17.4 Å². The van der Waals surface area contributed by atoms with Gasteiger partial charge < -0.3 is 4.90 Å². The second-order valence-electron chi connectivity index (χ2n) is 6.67. The largest absolute Gasteiger partial charge is 0.336 e. The fourth-order valence-corrected chi connectivity index (χ4v) is 3.31. The van der Waals surface area contributed by atoms with Crippen LogP contribution in [0.25, 0.3) is 5.69 Å². The van der Waals surface area contributed by atoms with Gasteiger partial charge in [0.2, 0.25) is 0 Å². The Kier molecular flexibility index (Phi) is 4.98. The van der Waals surface area contributed by atoms with E-state index in [0.717, 1.165) is 18.8 Å². The summed E-state index contributed by atoms with van der Waals surface area (Å²) in [5.41, 5.74) is 2.20. The molecule has 1 aromatic heterocycles. The number of rotatable bonds is 4. The van der Waals surface area contributed by atoms with Crippen LogP contribution in [0.2, 0.25) is 0 Å². The molecular weight excluding hydrogens is 343 g/mol. The van der Waals surface area contributed by atoms with Gasteiger partial charge >= 0.3 is 0 Å². The molecule has 0 atom stereocenters. The van der Waals surface area contributed by atoms with Gasteiger partial charge in [-0.1, -0.05) is 36.4 Å². The van der Waals surface area contributed by atoms with Crippen LogP contribution in [0.4, 0.5) is 4.39 Å². The summed E-state index contributed by atoms with van der Waals surface area (Å²) in [6.07, 6.45) is 3.38. The number of aromatic nitrogens is 2. The first-order valence-electron chi connectivity index (χ1n) is 9.06. The van der Waals surface area contributed by atoms with Crippen LogP contribution in [0.15, 0.2) is 67.0 Å². The molecule has 0 radical (unpaired) electrons. The van der Waals surface area contributed by atoms with Gasteiger partial charge in [-0.25, -0.2) is 9.07 Å². The van der Waals surface area contributed by atoms with E-state index in [0.29, 0.717) is 30.8 Å². The van der Waals surface area contributed by atoms with E-state index in [2.05, 4.69) is 10.00 Å². The van der Waals surface area contributed by atoms with Gasteiger partial charge in [-0.15, -0.1) is 0 Å². The minimum Gasteiger partial charge on any atom is -0.336 e. The van der Waals surface area contributed by atoms with Gasteiger partial charge in [-0.05, 0) is 18.2 Å². The summed E-state index contributed by atoms with van der Waals surface area (Å²) < 4.78 is 15.5. The predicted octanol–water partition coefficient (Wildman–Crippen LogP) is 2.97. The summed E-state index contributed by atoms with van der Waals surface area (Å²) in [6, 6.07) is 16.6. The minimum absolute atomic E-state index is 0.0114. The van der Waals surface area contributed by atoms with Gasteiger partial charge in [0, 0.05) is 44.5 Å². The van der Waals surface area contributed by atoms with Gasteiger partial charge in [-0.2, -0.15) is 5.10 Å². The van der Waals surface area contributed by atoms with E-state index in [9.17, 15) is 9.18 Å². The third-order valence-electron chi connectivity index (χ3n) is 4.86. The van der Waals surface area contributed by atoms with Crippen molar-refractivity contribution in [3.8, 4) is 5.69 Å². The normalized spacial score (nSPS) is 15.1. The lowest BCUT2D eigenvalue weighted by atomic mass is 10.2. The highest BCUT2D eigenvalue weighted by molar-refractivity contribution is 5.93. The van der Waals surface area contributed by atoms with Crippen molar-refractivity contribution in [3.63, 3.8) is 0 Å². The monoisotopic (exact) mass is 364 g/mol. The van der Waals surface area contributed by atoms with Crippen molar-refractivity contribution in [2.24, 2.45) is 0 Å². The Labute approximate surface area is 157 Å². The van der Waals surface area contributed by atoms with Crippen LogP contribution in [0.1, 0.15) is 15.9 Å². The molecule has 6 heteroatoms. The molecule has 0 N–H and O–H groups in total. The maximum Gasteiger partial charge on any atom is 0.257 e. The highest BCUT2D eigenvalue weighted by atomic mass is 19.1. The predicted molar refractivity (Wildman–Crippen MR) is 101 cm³/mol. The second-order valence-corrected chi connectivity index (χ2v) is 6.67. The van der Waals surface area contributed by atoms with E-state index >= 15 is 0 Å². The van der Waals surface area contributed by atoms with Gasteiger partial charge in [-0.3, -0.25) is 9.69 Å². The summed E-state index contributed by atoms with van der Waals surface area (Å²) in [7, 11) is 0. The molecule has 1 aliphatic heterocycles. The maximum atomic E-state index is 13.8. The molecular formula is C21H21FN4O. The molecule has 1 aliphatic rings. The lowest BCUT2D eigenvalue weighted by Gasteiger charge is -2.34. The molecule has 1 saturated heterocycles. The Morgan fingerprint density at radius 1 is 0.963 bits per heavy atom. The molecule has 0 unspecified atom stereocenters. The van der Waals surface area contributed by atoms with Crippen molar-refractivity contribution in [2.75, 3.05) is 26.2 Å². The number of piperazine rings is 1. The number of hydrogen-bond acceptors (Lipinski definition) is 3. The molecule has 4 rings (SSSR count). The number of nitrogens with zero attached hydrogens (tertiary/aromatic N) is 4. The number of para-hydroxylation sites is 1. The van der Waals surface area contributed by atoms with Crippen LogP contribution < -0.4 is 0 Å². The molecule has 2 heterocycles. The van der Waals surface area contributed by atoms with Crippen LogP contribution in [-0.4, -0.2) is 51.7 Å². The highest BCUT2D eigenvalue weighted by Gasteiger charge is 2.23. The molecule has 1 amide bonds. The van der Waals surface area contributed by atoms with E-state index in [1.54, 1.807) is 23.1 Å². The summed E-state index contributed by atoms with van der Waals surface area (Å²) in [4.78, 5) is 16.8. The number of carbonyl (C=O) groups is 1. The van der Waals surface area contributed by atoms with Crippen LogP contribution >= 0.6 is 0 Å². The Morgan fingerprint density at radius 3 is 2.41 bits per heavy atom. The Hall–Kier alpha value is -2.99. The van der Waals surface area contributed by atoms with Crippen LogP contribution in [0, 0.1) is 5.82 Å². The second kappa shape index (κ2) is 7.72. The Balaban J connectivity index is 1.36. The molecule has 27 heavy (non-hydrogen) atoms. The lowest BCUT2D eigenvalue weighted by Crippen LogP contribution is -2.48. The fraction of sp³-hybridized carbons (Fsp3) is 0.238. The average Bonchev–Trinajstić information content (AvgIpc) is 3.21. The SMILES string of the molecule is O=C(c1cnn(-c2ccccc2)c1)N1CCN(Cc2ccccc2F)CC1. The van der Waals surface area contributed by atoms with E-state index in [-0.39, 0.29) is 11.7 Å². The molecule has 2 aromatic carbocycles. The maximum absolute atomic E-state index is 13.8. The zero-order chi connectivity index (χ0) is 18.6. The molecule has 0 aliphatic carbocycles. The van der Waals surface area contributed by atoms with E-state index in [1.807, 2.05) is 47.4 Å². The highest BCUT2D eigenvalue weighted by Crippen LogP contribution is 2.14. The number of amides is 1. The van der Waals surface area contributed by atoms with Crippen molar-refractivity contribution in [1.82, 2.24) is 19.6 Å². The summed E-state index contributed by atoms with van der Waals surface area (Å²) in [6.45, 7) is 3.29. The van der Waals surface area contributed by atoms with Gasteiger partial charge in [0.25, 0.3) is 5.91 Å². The molecule has 3 aromatic rings. The van der Waals surface area contributed by atoms with Crippen LogP contribution in [-0.2, 0) is 6.54 Å². The first-order valence-corrected chi connectivity index (χ1v) is 9.06. The number of hydrogen-bond donors (Lipinski definition) is 0. The van der Waals surface area contributed by atoms with Gasteiger partial charge in [0.1, 0.15) is 5.82 Å². The quantitative estimate of drug-likeness (QED) is 0.715. The van der Waals surface area contributed by atoms with Crippen LogP contribution in [0.5, 0.6) is 0 Å². The molecule has 0 bridgehead atoms. The topological polar surface area (TPSA) is 41.4 Å². The van der Waals surface area contributed by atoms with E-state index in [1.165, 1.54) is 6.07 Å². The standard InChI is InChI=1S/C21H21FN4O/c22-20-9-5-4-6-17(20)15-24-10-12-25(13-11-24)21(27)18-14-23-26(16-18)19-7-2-1-3-8-19/h1-9,14,16H,10-13,15H2. The van der Waals surface area contributed by atoms with Crippen molar-refractivity contribution < 1.29 is 9.18 Å². The molecule has 0 saturated carbocycles. The lowest BCUT2D eigenvalue weighted by molar-refractivity contribution is 0.0627. The summed E-state index contributed by atoms with van der Waals surface area (Å²) in [5.74, 6) is -0.188. The first-order chi connectivity index (χ1) is 13.2. The van der Waals surface area contributed by atoms with Crippen molar-refractivity contribution >= 4 is 5.91 Å². The van der Waals surface area contributed by atoms with Crippen LogP contribution in [0.3, 0.4) is 0 Å². The van der Waals surface area contributed by atoms with Crippen molar-refractivity contribution in [2.45, 2.75) is 6.54 Å². The van der Waals surface area contributed by atoms with Gasteiger partial charge in [0.15, 0.2) is 0 Å². The minimum atomic E-state index is -0.177. The fourth-order valence-electron chi connectivity index (χ4n) is 3.31. The number of halogens is 1. The zero-order valence-corrected chi connectivity index (χ0v) is 15.0. The average molecular weight is 364 g/mol. The number of carbonyl (C=O) groups excluding carboxylic acids is 1. The van der Waals surface area contributed by atoms with Crippen molar-refractivity contribution in [1.29, 1.82) is 0 Å². The number of benzene rings is 2. The third kappa shape index (κ3) is 3.90. The summed E-state index contributed by atoms with van der Waals surface area (Å²) in [5, 5.41) is 4.30. The smallest absolute Gasteiger partial charge is 0.257 e. The molecule has 5 nitrogen and oxygen atoms in total. The van der Waals surface area contributed by atoms with E-state index < -0.39 is 0 Å². The molecule has 138 valence electrons. The van der Waals surface area contributed by atoms with Crippen molar-refractivity contribution in [3.05, 3.63) is 83.9 Å². The molecule has 1 fully saturated rings. The summed E-state index contributed by atoms with van der Waals surface area (Å²) >= 11 is 0. The Morgan fingerprint density at radius 2 is 1.67 bits per heavy atom. The first kappa shape index (κ1) is 17.4. The zero-order valence-electron chi connectivity index (χ0n) is 15.0.